The fraction of sp³-hybridized carbons (Fsp3) is 0.846. The van der Waals surface area contributed by atoms with Crippen molar-refractivity contribution in [3.63, 3.8) is 0 Å². The third kappa shape index (κ3) is 18.4. The van der Waals surface area contributed by atoms with Gasteiger partial charge in [-0.05, 0) is 166 Å². The summed E-state index contributed by atoms with van der Waals surface area (Å²) in [5.74, 6) is -14.9. The molecular weight excluding hydrogens is 1770 g/mol. The van der Waals surface area contributed by atoms with Crippen LogP contribution in [0.5, 0.6) is 0 Å². The van der Waals surface area contributed by atoms with Gasteiger partial charge in [0.15, 0.2) is 85.3 Å². The fourth-order valence-electron chi connectivity index (χ4n) is 22.4. The molecule has 16 rings (SSSR count). The molecule has 0 aromatic carbocycles. The largest absolute Gasteiger partial charge is 0.743 e. The van der Waals surface area contributed by atoms with Crippen LogP contribution in [0, 0.1) is 65.1 Å². The van der Waals surface area contributed by atoms with Crippen LogP contribution in [0.4, 0.5) is 26.3 Å². The van der Waals surface area contributed by atoms with Crippen molar-refractivity contribution in [2.24, 2.45) is 65.1 Å². The normalized spacial score (nSPS) is 34.6. The third-order valence-corrected chi connectivity index (χ3v) is 31.1. The molecule has 8 bridgehead atoms. The van der Waals surface area contributed by atoms with Crippen LogP contribution >= 0.6 is 0 Å². The Bertz CT molecular complexity index is 4540. The number of carbonyl (C=O) groups is 12. The Hall–Kier alpha value is -7.29. The predicted molar refractivity (Wildman–Crippen MR) is 389 cm³/mol. The van der Waals surface area contributed by atoms with Crippen LogP contribution in [-0.2, 0) is 173 Å². The molecule has 0 aromatic rings. The Balaban J connectivity index is 0.000000153. The molecule has 16 fully saturated rings. The highest BCUT2D eigenvalue weighted by Gasteiger charge is 2.76. The Morgan fingerprint density at radius 1 is 0.373 bits per heavy atom. The number of fused-ring (bicyclic) bond motifs is 5. The smallest absolute Gasteiger partial charge is 0.370 e. The first kappa shape index (κ1) is 94.8. The van der Waals surface area contributed by atoms with E-state index >= 15 is 0 Å². The quantitative estimate of drug-likeness (QED) is 0.0392. The molecule has 9 saturated heterocycles. The summed E-state index contributed by atoms with van der Waals surface area (Å²) in [6.45, 7) is -4.17. The average Bonchev–Trinajstić information content (AvgIpc) is 1.55. The zero-order chi connectivity index (χ0) is 91.1. The second kappa shape index (κ2) is 36.5. The lowest BCUT2D eigenvalue weighted by Gasteiger charge is -2.41. The molecule has 126 heavy (non-hydrogen) atoms. The second-order valence-electron chi connectivity index (χ2n) is 35.5. The molecule has 7 aliphatic carbocycles. The molecule has 0 radical (unpaired) electrons. The van der Waals surface area contributed by atoms with Gasteiger partial charge in [-0.2, -0.15) is 26.3 Å². The first-order valence-electron chi connectivity index (χ1n) is 42.4. The van der Waals surface area contributed by atoms with Gasteiger partial charge in [-0.15, -0.1) is 0 Å². The lowest BCUT2D eigenvalue weighted by molar-refractivity contribution is -0.182. The zero-order valence-corrected chi connectivity index (χ0v) is 70.8. The minimum atomic E-state index is -6.09. The summed E-state index contributed by atoms with van der Waals surface area (Å²) in [4.78, 5) is 152. The van der Waals surface area contributed by atoms with Gasteiger partial charge in [0.05, 0.1) is 0 Å². The highest BCUT2D eigenvalue weighted by molar-refractivity contribution is 7.87. The molecular formula is C78H97F6O39S3-3. The van der Waals surface area contributed by atoms with Crippen molar-refractivity contribution in [2.75, 3.05) is 39.6 Å². The van der Waals surface area contributed by atoms with Crippen LogP contribution in [0.2, 0.25) is 0 Å². The molecule has 39 nitrogen and oxygen atoms in total. The van der Waals surface area contributed by atoms with Crippen LogP contribution < -0.4 is 0 Å². The first-order chi connectivity index (χ1) is 59.2. The predicted octanol–water partition coefficient (Wildman–Crippen LogP) is 3.54. The zero-order valence-electron chi connectivity index (χ0n) is 68.3. The minimum absolute atomic E-state index is 0.247. The number of rotatable bonds is 33. The lowest BCUT2D eigenvalue weighted by Crippen LogP contribution is -2.51. The van der Waals surface area contributed by atoms with E-state index in [0.29, 0.717) is 32.6 Å². The van der Waals surface area contributed by atoms with Gasteiger partial charge in [0.25, 0.3) is 0 Å². The Labute approximate surface area is 717 Å². The fourth-order valence-corrected chi connectivity index (χ4v) is 23.7. The third-order valence-electron chi connectivity index (χ3n) is 28.1. The van der Waals surface area contributed by atoms with Crippen molar-refractivity contribution in [2.45, 2.75) is 305 Å². The summed E-state index contributed by atoms with van der Waals surface area (Å²) in [5, 5.41) is -14.6. The van der Waals surface area contributed by atoms with Gasteiger partial charge in [-0.25, -0.2) is 54.0 Å². The number of halogens is 6. The maximum absolute atomic E-state index is 13.8. The molecule has 7 saturated carbocycles. The molecule has 0 spiro atoms. The van der Waals surface area contributed by atoms with Gasteiger partial charge in [0.1, 0.15) is 129 Å². The van der Waals surface area contributed by atoms with Crippen molar-refractivity contribution in [3.05, 3.63) is 0 Å². The molecule has 24 unspecified atom stereocenters. The van der Waals surface area contributed by atoms with Crippen LogP contribution in [0.3, 0.4) is 0 Å². The van der Waals surface area contributed by atoms with Gasteiger partial charge in [-0.1, -0.05) is 38.5 Å². The van der Waals surface area contributed by atoms with Crippen LogP contribution in [0.15, 0.2) is 0 Å². The van der Waals surface area contributed by atoms with Crippen molar-refractivity contribution in [1.29, 1.82) is 0 Å². The summed E-state index contributed by atoms with van der Waals surface area (Å²) in [6, 6.07) is 0. The molecule has 0 amide bonds. The van der Waals surface area contributed by atoms with E-state index in [-0.39, 0.29) is 17.8 Å². The minimum Gasteiger partial charge on any atom is -0.743 e. The van der Waals surface area contributed by atoms with E-state index in [1.165, 1.54) is 6.42 Å². The van der Waals surface area contributed by atoms with Crippen molar-refractivity contribution in [3.8, 4) is 0 Å². The van der Waals surface area contributed by atoms with Crippen LogP contribution in [0.25, 0.3) is 0 Å². The van der Waals surface area contributed by atoms with E-state index in [1.54, 1.807) is 0 Å². The van der Waals surface area contributed by atoms with Gasteiger partial charge < -0.3 is 98.9 Å². The highest BCUT2D eigenvalue weighted by Crippen LogP contribution is 2.61. The van der Waals surface area contributed by atoms with Gasteiger partial charge in [0, 0.05) is 5.92 Å². The summed E-state index contributed by atoms with van der Waals surface area (Å²) >= 11 is 0. The Kier molecular flexibility index (Phi) is 27.4. The van der Waals surface area contributed by atoms with E-state index < -0.39 is 301 Å². The van der Waals surface area contributed by atoms with Gasteiger partial charge in [-0.3, -0.25) is 28.8 Å². The maximum atomic E-state index is 13.8. The van der Waals surface area contributed by atoms with Gasteiger partial charge in [0.2, 0.25) is 0 Å². The molecule has 16 aliphatic rings. The molecule has 0 N–H and O–H groups in total. The molecule has 9 aliphatic heterocycles. The van der Waals surface area contributed by atoms with Crippen LogP contribution in [-0.4, -0.2) is 274 Å². The summed E-state index contributed by atoms with van der Waals surface area (Å²) in [5.41, 5.74) is -1.74. The van der Waals surface area contributed by atoms with Crippen molar-refractivity contribution < 1.29 is 208 Å². The maximum Gasteiger partial charge on any atom is 0.370 e. The topological polar surface area (TPSA) is 543 Å². The van der Waals surface area contributed by atoms with E-state index in [9.17, 15) is 123 Å². The molecule has 706 valence electrons. The highest BCUT2D eigenvalue weighted by atomic mass is 32.2. The number of carbonyl (C=O) groups excluding carboxylic acids is 12. The molecule has 48 heteroatoms. The SMILES string of the molecule is CC(OC(=O)COCC(=O)OC1C2OC(=O)C3C2OC1C3C(=O)OC1(C2CC3CCC2C3)CCCC1)C(F)(F)S(=O)(=O)[O-].CC(OC(=O)COCC(=O)OC1C2OC(=O)C3C2OC1C3C(=O)OC1(C2CCCC2)CCCC1)C(F)(F)S(=O)(=O)[O-].CC(OC(=O)COCC(=O)OC1C2OC(=O)C3C2OC1C3C(=O)OC1(C2CCCCC2)CCCC1)C(F)(F)S(=O)(=O)[O-]. The number of esters is 12. The van der Waals surface area contributed by atoms with E-state index in [2.05, 4.69) is 14.2 Å². The van der Waals surface area contributed by atoms with Crippen LogP contribution in [0.1, 0.15) is 181 Å². The summed E-state index contributed by atoms with van der Waals surface area (Å²) in [7, 11) is -18.3. The van der Waals surface area contributed by atoms with E-state index in [1.807, 2.05) is 0 Å². The van der Waals surface area contributed by atoms with Gasteiger partial charge >= 0.3 is 87.4 Å². The monoisotopic (exact) mass is 1870 g/mol. The lowest BCUT2D eigenvalue weighted by atomic mass is 9.74. The Morgan fingerprint density at radius 2 is 0.651 bits per heavy atom. The van der Waals surface area contributed by atoms with E-state index in [4.69, 9.17) is 71.1 Å². The molecule has 24 atom stereocenters. The Morgan fingerprint density at radius 3 is 0.929 bits per heavy atom. The molecule has 9 heterocycles. The average molecular weight is 1870 g/mol. The number of hydrogen-bond donors (Lipinski definition) is 0. The summed E-state index contributed by atoms with van der Waals surface area (Å²) in [6.07, 6.45) is 4.64. The summed E-state index contributed by atoms with van der Waals surface area (Å²) < 4.78 is 273. The second-order valence-corrected chi connectivity index (χ2v) is 39.9. The number of hydrogen-bond acceptors (Lipinski definition) is 39. The van der Waals surface area contributed by atoms with E-state index in [0.717, 1.165) is 154 Å². The number of ether oxygens (including phenoxy) is 18. The van der Waals surface area contributed by atoms with Crippen molar-refractivity contribution in [1.82, 2.24) is 0 Å². The number of alkyl halides is 6. The standard InChI is InChI=1S/C27H34F2O13S.C26H34F2O13S.C25H32F2O13S/c1-12(27(28,29)43(34,35)36)38-16(30)10-37-11-17(31)39-22-21-19(18-20(40-21)23(22)41-24(18)32)25(33)42-26(6-2-3-7-26)15-9-13-4-5-14(15)8-13;1-13(26(27,28)42(33,34)35)37-15(29)11-36-12-16(30)38-21-20-18(17-19(39-20)22(21)40-23(17)31)24(32)41-25(9-5-6-10-25)14-7-3-2-4-8-14;1-12(25(26,27)41(32,33)34)36-14(28)10-35-11-15(29)37-20-19-17(16-18(38-19)21(20)39-22(16)30)23(31)40-24(8-4-5-9-24)13-6-2-3-7-13/h12-15,18-23H,2-11H2,1H3,(H,34,35,36);13-14,17-22H,2-12H2,1H3,(H,33,34,35);12-13,16-21H,2-11H2,1H3,(H,32,33,34)/p-3. The molecule has 0 aromatic heterocycles. The van der Waals surface area contributed by atoms with Crippen molar-refractivity contribution >= 4 is 102 Å². The first-order valence-corrected chi connectivity index (χ1v) is 46.6.